The molecule has 0 saturated carbocycles. The molecule has 3 aromatic rings. The molecule has 1 heterocycles. The molecular formula is C23H17N3O4. The van der Waals surface area contributed by atoms with E-state index in [1.165, 1.54) is 0 Å². The highest BCUT2D eigenvalue weighted by Crippen LogP contribution is 2.32. The first-order valence-electron chi connectivity index (χ1n) is 9.17. The van der Waals surface area contributed by atoms with Crippen molar-refractivity contribution in [1.82, 2.24) is 5.43 Å². The van der Waals surface area contributed by atoms with Crippen LogP contribution in [0.3, 0.4) is 0 Å². The van der Waals surface area contributed by atoms with Crippen LogP contribution in [-0.2, 0) is 6.61 Å². The van der Waals surface area contributed by atoms with Gasteiger partial charge >= 0.3 is 0 Å². The first-order valence-corrected chi connectivity index (χ1v) is 9.17. The Hall–Kier alpha value is -4.31. The third kappa shape index (κ3) is 4.39. The van der Waals surface area contributed by atoms with Gasteiger partial charge in [-0.15, -0.1) is 0 Å². The molecule has 0 atom stereocenters. The summed E-state index contributed by atoms with van der Waals surface area (Å²) in [6, 6.07) is 21.7. The fraction of sp³-hybridized carbons (Fsp3) is 0.0870. The summed E-state index contributed by atoms with van der Waals surface area (Å²) in [7, 11) is 0. The molecule has 0 fully saturated rings. The molecule has 0 saturated heterocycles. The van der Waals surface area contributed by atoms with Gasteiger partial charge < -0.3 is 14.2 Å². The average molecular weight is 399 g/mol. The molecule has 7 heteroatoms. The molecule has 1 aliphatic rings. The smallest absolute Gasteiger partial charge is 0.271 e. The number of rotatable bonds is 6. The van der Waals surface area contributed by atoms with Gasteiger partial charge in [0.2, 0.25) is 6.79 Å². The summed E-state index contributed by atoms with van der Waals surface area (Å²) >= 11 is 0. The zero-order chi connectivity index (χ0) is 20.8. The summed E-state index contributed by atoms with van der Waals surface area (Å²) in [5.41, 5.74) is 5.14. The molecule has 30 heavy (non-hydrogen) atoms. The van der Waals surface area contributed by atoms with Crippen LogP contribution in [0.4, 0.5) is 0 Å². The van der Waals surface area contributed by atoms with Gasteiger partial charge in [0, 0.05) is 11.1 Å². The number of carbonyl (C=O) groups is 1. The lowest BCUT2D eigenvalue weighted by Crippen LogP contribution is -2.17. The van der Waals surface area contributed by atoms with E-state index in [2.05, 4.69) is 16.6 Å². The second-order valence-electron chi connectivity index (χ2n) is 6.39. The zero-order valence-electron chi connectivity index (χ0n) is 15.9. The van der Waals surface area contributed by atoms with Crippen LogP contribution in [0.1, 0.15) is 27.0 Å². The van der Waals surface area contributed by atoms with Gasteiger partial charge in [0.25, 0.3) is 5.91 Å². The average Bonchev–Trinajstić information content (AvgIpc) is 3.26. The lowest BCUT2D eigenvalue weighted by molar-refractivity contribution is 0.0954. The second kappa shape index (κ2) is 8.80. The molecule has 7 nitrogen and oxygen atoms in total. The first-order chi connectivity index (χ1) is 14.7. The van der Waals surface area contributed by atoms with Crippen LogP contribution in [0, 0.1) is 11.3 Å². The van der Waals surface area contributed by atoms with E-state index in [-0.39, 0.29) is 12.7 Å². The number of fused-ring (bicyclic) bond motifs is 1. The van der Waals surface area contributed by atoms with Crippen LogP contribution in [0.2, 0.25) is 0 Å². The summed E-state index contributed by atoms with van der Waals surface area (Å²) < 4.78 is 16.2. The van der Waals surface area contributed by atoms with Crippen molar-refractivity contribution in [2.45, 2.75) is 6.61 Å². The maximum atomic E-state index is 12.2. The number of hydrogen-bond acceptors (Lipinski definition) is 6. The topological polar surface area (TPSA) is 92.9 Å². The number of nitrogens with one attached hydrogen (secondary N) is 1. The third-order valence-electron chi connectivity index (χ3n) is 4.43. The molecule has 0 radical (unpaired) electrons. The van der Waals surface area contributed by atoms with E-state index < -0.39 is 0 Å². The van der Waals surface area contributed by atoms with Gasteiger partial charge in [0.15, 0.2) is 11.5 Å². The van der Waals surface area contributed by atoms with Crippen LogP contribution >= 0.6 is 0 Å². The van der Waals surface area contributed by atoms with E-state index in [9.17, 15) is 4.79 Å². The molecular weight excluding hydrogens is 382 g/mol. The molecule has 0 aromatic heterocycles. The highest BCUT2D eigenvalue weighted by Gasteiger charge is 2.15. The number of hydrazone groups is 1. The Balaban J connectivity index is 1.31. The molecule has 4 rings (SSSR count). The number of benzene rings is 3. The summed E-state index contributed by atoms with van der Waals surface area (Å²) in [5.74, 6) is 1.48. The van der Waals surface area contributed by atoms with E-state index in [1.54, 1.807) is 42.6 Å². The SMILES string of the molecule is N#Cc1ccccc1COc1ccc(/C=N\NC(=O)c2ccc3c(c2)OCO3)cc1. The van der Waals surface area contributed by atoms with Crippen molar-refractivity contribution in [3.05, 3.63) is 89.0 Å². The van der Waals surface area contributed by atoms with Crippen LogP contribution in [-0.4, -0.2) is 18.9 Å². The summed E-state index contributed by atoms with van der Waals surface area (Å²) in [5, 5.41) is 13.1. The van der Waals surface area contributed by atoms with E-state index in [1.807, 2.05) is 30.3 Å². The first kappa shape index (κ1) is 19.0. The van der Waals surface area contributed by atoms with Crippen molar-refractivity contribution >= 4 is 12.1 Å². The number of nitrogens with zero attached hydrogens (tertiary/aromatic N) is 2. The van der Waals surface area contributed by atoms with E-state index in [0.717, 1.165) is 11.1 Å². The highest BCUT2D eigenvalue weighted by atomic mass is 16.7. The maximum absolute atomic E-state index is 12.2. The van der Waals surface area contributed by atoms with E-state index in [4.69, 9.17) is 19.5 Å². The Morgan fingerprint density at radius 1 is 1.10 bits per heavy atom. The van der Waals surface area contributed by atoms with Gasteiger partial charge in [0.05, 0.1) is 17.8 Å². The molecule has 1 N–H and O–H groups in total. The van der Waals surface area contributed by atoms with Crippen LogP contribution in [0.15, 0.2) is 71.8 Å². The largest absolute Gasteiger partial charge is 0.489 e. The molecule has 0 unspecified atom stereocenters. The van der Waals surface area contributed by atoms with Gasteiger partial charge in [-0.3, -0.25) is 4.79 Å². The number of amides is 1. The third-order valence-corrected chi connectivity index (χ3v) is 4.43. The van der Waals surface area contributed by atoms with E-state index >= 15 is 0 Å². The molecule has 148 valence electrons. The predicted octanol–water partition coefficient (Wildman–Crippen LogP) is 3.63. The summed E-state index contributed by atoms with van der Waals surface area (Å²) in [4.78, 5) is 12.2. The second-order valence-corrected chi connectivity index (χ2v) is 6.39. The van der Waals surface area contributed by atoms with Crippen LogP contribution in [0.25, 0.3) is 0 Å². The maximum Gasteiger partial charge on any atom is 0.271 e. The number of nitriles is 1. The molecule has 3 aromatic carbocycles. The quantitative estimate of drug-likeness (QED) is 0.505. The van der Waals surface area contributed by atoms with Gasteiger partial charge in [-0.25, -0.2) is 5.43 Å². The van der Waals surface area contributed by atoms with Crippen molar-refractivity contribution in [3.63, 3.8) is 0 Å². The lowest BCUT2D eigenvalue weighted by Gasteiger charge is -2.07. The number of hydrogen-bond donors (Lipinski definition) is 1. The monoisotopic (exact) mass is 399 g/mol. The van der Waals surface area contributed by atoms with Crippen molar-refractivity contribution in [3.8, 4) is 23.3 Å². The number of carbonyl (C=O) groups excluding carboxylic acids is 1. The van der Waals surface area contributed by atoms with Gasteiger partial charge in [-0.2, -0.15) is 10.4 Å². The minimum Gasteiger partial charge on any atom is -0.489 e. The normalized spacial score (nSPS) is 11.8. The van der Waals surface area contributed by atoms with Gasteiger partial charge in [-0.1, -0.05) is 18.2 Å². The Bertz CT molecular complexity index is 1130. The van der Waals surface area contributed by atoms with Crippen molar-refractivity contribution < 1.29 is 19.0 Å². The Morgan fingerprint density at radius 2 is 1.90 bits per heavy atom. The Kier molecular flexibility index (Phi) is 5.58. The minimum absolute atomic E-state index is 0.156. The fourth-order valence-electron chi connectivity index (χ4n) is 2.83. The highest BCUT2D eigenvalue weighted by molar-refractivity contribution is 5.95. The molecule has 1 amide bonds. The zero-order valence-corrected chi connectivity index (χ0v) is 15.9. The minimum atomic E-state index is -0.347. The summed E-state index contributed by atoms with van der Waals surface area (Å²) in [6.45, 7) is 0.464. The molecule has 0 aliphatic carbocycles. The Labute approximate surface area is 173 Å². The predicted molar refractivity (Wildman–Crippen MR) is 110 cm³/mol. The molecule has 0 spiro atoms. The van der Waals surface area contributed by atoms with Crippen molar-refractivity contribution in [2.24, 2.45) is 5.10 Å². The summed E-state index contributed by atoms with van der Waals surface area (Å²) in [6.07, 6.45) is 1.54. The van der Waals surface area contributed by atoms with E-state index in [0.29, 0.717) is 35.0 Å². The fourth-order valence-corrected chi connectivity index (χ4v) is 2.83. The Morgan fingerprint density at radius 3 is 2.73 bits per heavy atom. The van der Waals surface area contributed by atoms with Gasteiger partial charge in [-0.05, 0) is 54.1 Å². The van der Waals surface area contributed by atoms with Gasteiger partial charge in [0.1, 0.15) is 12.4 Å². The molecule has 1 aliphatic heterocycles. The van der Waals surface area contributed by atoms with Crippen LogP contribution < -0.4 is 19.6 Å². The van der Waals surface area contributed by atoms with Crippen molar-refractivity contribution in [1.29, 1.82) is 5.26 Å². The van der Waals surface area contributed by atoms with Crippen molar-refractivity contribution in [2.75, 3.05) is 6.79 Å². The lowest BCUT2D eigenvalue weighted by atomic mass is 10.1. The molecule has 0 bridgehead atoms. The van der Waals surface area contributed by atoms with Crippen LogP contribution in [0.5, 0.6) is 17.2 Å². The standard InChI is InChI=1S/C23H17N3O4/c24-12-18-3-1-2-4-19(18)14-28-20-8-5-16(6-9-20)13-25-26-23(27)17-7-10-21-22(11-17)30-15-29-21/h1-11,13H,14-15H2,(H,26,27)/b25-13-. The number of ether oxygens (including phenoxy) is 3.